The van der Waals surface area contributed by atoms with Crippen LogP contribution in [0.3, 0.4) is 0 Å². The molecule has 154 valence electrons. The van der Waals surface area contributed by atoms with Crippen LogP contribution < -0.4 is 4.90 Å². The van der Waals surface area contributed by atoms with Gasteiger partial charge < -0.3 is 4.90 Å². The number of carbonyl (C=O) groups is 1. The van der Waals surface area contributed by atoms with E-state index in [4.69, 9.17) is 12.2 Å². The van der Waals surface area contributed by atoms with E-state index in [9.17, 15) is 4.79 Å². The van der Waals surface area contributed by atoms with Gasteiger partial charge >= 0.3 is 0 Å². The summed E-state index contributed by atoms with van der Waals surface area (Å²) in [6, 6.07) is 27.0. The molecule has 5 heteroatoms. The fourth-order valence-electron chi connectivity index (χ4n) is 4.10. The normalized spacial score (nSPS) is 17.0. The zero-order valence-electron chi connectivity index (χ0n) is 17.0. The van der Waals surface area contributed by atoms with Gasteiger partial charge in [-0.3, -0.25) is 9.69 Å². The molecule has 0 saturated carbocycles. The van der Waals surface area contributed by atoms with E-state index in [1.165, 1.54) is 28.6 Å². The fourth-order valence-corrected chi connectivity index (χ4v) is 5.36. The Labute approximate surface area is 192 Å². The standard InChI is InChI=1S/C26H22N2OS2/c29-25-24(31-26(30)28(25)18-20-9-5-2-6-10-20)16-21-11-12-23-22(15-21)13-14-27(23)17-19-7-3-1-4-8-19/h1-12,15-16H,13-14,17-18H2. The summed E-state index contributed by atoms with van der Waals surface area (Å²) >= 11 is 6.88. The van der Waals surface area contributed by atoms with Gasteiger partial charge in [0.1, 0.15) is 4.32 Å². The van der Waals surface area contributed by atoms with Gasteiger partial charge in [0.05, 0.1) is 11.4 Å². The van der Waals surface area contributed by atoms with Crippen LogP contribution in [0.1, 0.15) is 22.3 Å². The highest BCUT2D eigenvalue weighted by Gasteiger charge is 2.32. The van der Waals surface area contributed by atoms with Crippen LogP contribution in [-0.4, -0.2) is 21.7 Å². The van der Waals surface area contributed by atoms with Gasteiger partial charge in [0.15, 0.2) is 0 Å². The van der Waals surface area contributed by atoms with E-state index in [-0.39, 0.29) is 5.91 Å². The average molecular weight is 443 g/mol. The Bertz CT molecular complexity index is 1160. The van der Waals surface area contributed by atoms with E-state index in [1.54, 1.807) is 4.90 Å². The van der Waals surface area contributed by atoms with Crippen molar-refractivity contribution in [2.45, 2.75) is 19.5 Å². The Kier molecular flexibility index (Phi) is 5.62. The minimum absolute atomic E-state index is 0.00921. The lowest BCUT2D eigenvalue weighted by molar-refractivity contribution is -0.122. The van der Waals surface area contributed by atoms with E-state index in [0.717, 1.165) is 30.6 Å². The monoisotopic (exact) mass is 442 g/mol. The smallest absolute Gasteiger partial charge is 0.266 e. The lowest BCUT2D eigenvalue weighted by atomic mass is 10.1. The number of benzene rings is 3. The highest BCUT2D eigenvalue weighted by Crippen LogP contribution is 2.35. The molecule has 2 heterocycles. The van der Waals surface area contributed by atoms with Crippen LogP contribution in [0.25, 0.3) is 6.08 Å². The van der Waals surface area contributed by atoms with Crippen LogP contribution in [0.15, 0.2) is 83.8 Å². The molecule has 1 fully saturated rings. The van der Waals surface area contributed by atoms with Gasteiger partial charge in [-0.05, 0) is 46.9 Å². The lowest BCUT2D eigenvalue weighted by Crippen LogP contribution is -2.27. The molecule has 3 aromatic carbocycles. The Morgan fingerprint density at radius 3 is 2.29 bits per heavy atom. The predicted octanol–water partition coefficient (Wildman–Crippen LogP) is 5.65. The summed E-state index contributed by atoms with van der Waals surface area (Å²) in [5, 5.41) is 0. The van der Waals surface area contributed by atoms with Gasteiger partial charge in [-0.2, -0.15) is 0 Å². The van der Waals surface area contributed by atoms with Gasteiger partial charge in [-0.15, -0.1) is 0 Å². The SMILES string of the molecule is O=C1C(=Cc2ccc3c(c2)CCN3Cc2ccccc2)SC(=S)N1Cc1ccccc1. The third kappa shape index (κ3) is 4.29. The van der Waals surface area contributed by atoms with Crippen molar-refractivity contribution in [3.8, 4) is 0 Å². The number of rotatable bonds is 5. The molecule has 3 aromatic rings. The van der Waals surface area contributed by atoms with Crippen LogP contribution in [0.5, 0.6) is 0 Å². The number of carbonyl (C=O) groups excluding carboxylic acids is 1. The van der Waals surface area contributed by atoms with Gasteiger partial charge in [-0.1, -0.05) is 90.7 Å². The summed E-state index contributed by atoms with van der Waals surface area (Å²) in [4.78, 5) is 17.8. The molecule has 0 atom stereocenters. The van der Waals surface area contributed by atoms with Crippen molar-refractivity contribution in [3.63, 3.8) is 0 Å². The van der Waals surface area contributed by atoms with Gasteiger partial charge in [0.25, 0.3) is 5.91 Å². The summed E-state index contributed by atoms with van der Waals surface area (Å²) < 4.78 is 0.621. The van der Waals surface area contributed by atoms with E-state index < -0.39 is 0 Å². The topological polar surface area (TPSA) is 23.6 Å². The second-order valence-corrected chi connectivity index (χ2v) is 9.47. The molecule has 0 bridgehead atoms. The maximum Gasteiger partial charge on any atom is 0.266 e. The van der Waals surface area contributed by atoms with Gasteiger partial charge in [0.2, 0.25) is 0 Å². The molecule has 1 amide bonds. The van der Waals surface area contributed by atoms with Crippen LogP contribution in [0.4, 0.5) is 5.69 Å². The molecule has 2 aliphatic rings. The summed E-state index contributed by atoms with van der Waals surface area (Å²) in [6.45, 7) is 2.46. The number of hydrogen-bond acceptors (Lipinski definition) is 4. The fraction of sp³-hybridized carbons (Fsp3) is 0.154. The largest absolute Gasteiger partial charge is 0.367 e. The first-order chi connectivity index (χ1) is 15.2. The highest BCUT2D eigenvalue weighted by molar-refractivity contribution is 8.26. The molecule has 0 radical (unpaired) electrons. The Morgan fingerprint density at radius 2 is 1.58 bits per heavy atom. The molecule has 2 aliphatic heterocycles. The maximum absolute atomic E-state index is 13.0. The number of hydrogen-bond donors (Lipinski definition) is 0. The van der Waals surface area contributed by atoms with E-state index in [0.29, 0.717) is 15.8 Å². The number of amides is 1. The van der Waals surface area contributed by atoms with Crippen LogP contribution in [0.2, 0.25) is 0 Å². The molecule has 0 N–H and O–H groups in total. The van der Waals surface area contributed by atoms with E-state index >= 15 is 0 Å². The summed E-state index contributed by atoms with van der Waals surface area (Å²) in [7, 11) is 0. The third-order valence-corrected chi connectivity index (χ3v) is 7.04. The molecule has 31 heavy (non-hydrogen) atoms. The maximum atomic E-state index is 13.0. The molecule has 1 saturated heterocycles. The van der Waals surface area contributed by atoms with E-state index in [2.05, 4.69) is 53.4 Å². The zero-order valence-corrected chi connectivity index (χ0v) is 18.7. The van der Waals surface area contributed by atoms with Crippen LogP contribution in [-0.2, 0) is 24.3 Å². The third-order valence-electron chi connectivity index (χ3n) is 5.67. The van der Waals surface area contributed by atoms with Crippen LogP contribution in [0, 0.1) is 0 Å². The quantitative estimate of drug-likeness (QED) is 0.376. The lowest BCUT2D eigenvalue weighted by Gasteiger charge is -2.19. The Balaban J connectivity index is 1.32. The minimum Gasteiger partial charge on any atom is -0.367 e. The molecule has 5 rings (SSSR count). The zero-order chi connectivity index (χ0) is 21.2. The molecular formula is C26H22N2OS2. The van der Waals surface area contributed by atoms with E-state index in [1.807, 2.05) is 36.4 Å². The molecule has 0 aliphatic carbocycles. The van der Waals surface area contributed by atoms with Crippen molar-refractivity contribution in [1.82, 2.24) is 4.90 Å². The van der Waals surface area contributed by atoms with Crippen molar-refractivity contribution in [3.05, 3.63) is 106 Å². The molecule has 0 aromatic heterocycles. The van der Waals surface area contributed by atoms with Crippen molar-refractivity contribution >= 4 is 46.0 Å². The number of fused-ring (bicyclic) bond motifs is 1. The Morgan fingerprint density at radius 1 is 0.903 bits per heavy atom. The van der Waals surface area contributed by atoms with Crippen molar-refractivity contribution in [1.29, 1.82) is 0 Å². The van der Waals surface area contributed by atoms with Crippen molar-refractivity contribution in [2.75, 3.05) is 11.4 Å². The molecule has 0 unspecified atom stereocenters. The molecule has 0 spiro atoms. The molecular weight excluding hydrogens is 420 g/mol. The van der Waals surface area contributed by atoms with Gasteiger partial charge in [-0.25, -0.2) is 0 Å². The number of anilines is 1. The van der Waals surface area contributed by atoms with Crippen LogP contribution >= 0.6 is 24.0 Å². The highest BCUT2D eigenvalue weighted by atomic mass is 32.2. The second kappa shape index (κ2) is 8.69. The summed E-state index contributed by atoms with van der Waals surface area (Å²) in [6.07, 6.45) is 3.00. The number of thioether (sulfide) groups is 1. The van der Waals surface area contributed by atoms with Crippen molar-refractivity contribution < 1.29 is 4.79 Å². The second-order valence-electron chi connectivity index (χ2n) is 7.80. The first-order valence-corrected chi connectivity index (χ1v) is 11.6. The minimum atomic E-state index is -0.00921. The van der Waals surface area contributed by atoms with Crippen molar-refractivity contribution in [2.24, 2.45) is 0 Å². The summed E-state index contributed by atoms with van der Waals surface area (Å²) in [5.41, 5.74) is 6.08. The predicted molar refractivity (Wildman–Crippen MR) is 133 cm³/mol. The number of thiocarbonyl (C=S) groups is 1. The number of nitrogens with zero attached hydrogens (tertiary/aromatic N) is 2. The first-order valence-electron chi connectivity index (χ1n) is 10.4. The Hall–Kier alpha value is -2.89. The average Bonchev–Trinajstić information content (AvgIpc) is 3.30. The van der Waals surface area contributed by atoms with Gasteiger partial charge in [0, 0.05) is 18.8 Å². The summed E-state index contributed by atoms with van der Waals surface area (Å²) in [5.74, 6) is -0.00921. The first kappa shape index (κ1) is 20.0. The molecule has 3 nitrogen and oxygen atoms in total.